The van der Waals surface area contributed by atoms with Crippen LogP contribution in [0.1, 0.15) is 25.6 Å². The smallest absolute Gasteiger partial charge is 0.328 e. The van der Waals surface area contributed by atoms with Crippen LogP contribution in [0.2, 0.25) is 0 Å². The highest BCUT2D eigenvalue weighted by Crippen LogP contribution is 2.26. The number of anilines is 1. The molecular weight excluding hydrogens is 275 g/mol. The molecule has 0 radical (unpaired) electrons. The van der Waals surface area contributed by atoms with E-state index in [9.17, 15) is 18.0 Å². The molecule has 0 fully saturated rings. The van der Waals surface area contributed by atoms with E-state index in [0.29, 0.717) is 6.42 Å². The second kappa shape index (κ2) is 6.55. The highest BCUT2D eigenvalue weighted by Gasteiger charge is 2.35. The van der Waals surface area contributed by atoms with Crippen molar-refractivity contribution in [1.29, 1.82) is 0 Å². The Morgan fingerprint density at radius 1 is 1.56 bits per heavy atom. The lowest BCUT2D eigenvalue weighted by Crippen LogP contribution is -2.20. The van der Waals surface area contributed by atoms with E-state index < -0.39 is 23.9 Å². The van der Waals surface area contributed by atoms with Gasteiger partial charge in [-0.15, -0.1) is 17.5 Å². The second-order valence-corrected chi connectivity index (χ2v) is 3.57. The van der Waals surface area contributed by atoms with E-state index in [1.165, 1.54) is 0 Å². The first-order valence-electron chi connectivity index (χ1n) is 4.84. The number of hydrogen-bond donors (Lipinski definition) is 3. The molecule has 1 atom stereocenters. The minimum atomic E-state index is -4.61. The van der Waals surface area contributed by atoms with Crippen LogP contribution in [-0.4, -0.2) is 27.1 Å². The normalized spacial score (nSPS) is 12.7. The van der Waals surface area contributed by atoms with Crippen molar-refractivity contribution in [3.8, 4) is 0 Å². The molecule has 0 saturated carbocycles. The predicted molar refractivity (Wildman–Crippen MR) is 60.1 cm³/mol. The van der Waals surface area contributed by atoms with Crippen LogP contribution in [0.3, 0.4) is 0 Å². The molecule has 10 heteroatoms. The van der Waals surface area contributed by atoms with Crippen molar-refractivity contribution in [2.75, 3.05) is 5.32 Å². The van der Waals surface area contributed by atoms with Gasteiger partial charge in [0, 0.05) is 12.5 Å². The maximum absolute atomic E-state index is 12.1. The molecule has 0 aromatic carbocycles. The lowest BCUT2D eigenvalue weighted by atomic mass is 10.2. The number of carbonyl (C=O) groups is 1. The van der Waals surface area contributed by atoms with Gasteiger partial charge in [-0.3, -0.25) is 15.2 Å². The van der Waals surface area contributed by atoms with Gasteiger partial charge < -0.3 is 5.73 Å². The van der Waals surface area contributed by atoms with Crippen molar-refractivity contribution in [3.63, 3.8) is 0 Å². The molecule has 1 amide bonds. The summed E-state index contributed by atoms with van der Waals surface area (Å²) in [5, 5.41) is 7.06. The summed E-state index contributed by atoms with van der Waals surface area (Å²) in [5.41, 5.74) is 5.43. The van der Waals surface area contributed by atoms with Gasteiger partial charge in [0.05, 0.1) is 0 Å². The standard InChI is InChI=1S/C8H12F3N5O.ClH/c1-4(12)2-3-5(17)13-7-14-6(15-16-7)8(9,10)11;/h4H,2-3,12H2,1H3,(H2,13,14,15,16,17);1H. The molecule has 0 bridgehead atoms. The summed E-state index contributed by atoms with van der Waals surface area (Å²) in [5.74, 6) is -2.12. The van der Waals surface area contributed by atoms with Crippen molar-refractivity contribution in [2.24, 2.45) is 5.73 Å². The molecular formula is C8H13ClF3N5O. The van der Waals surface area contributed by atoms with Gasteiger partial charge in [-0.05, 0) is 13.3 Å². The van der Waals surface area contributed by atoms with Gasteiger partial charge in [0.1, 0.15) is 0 Å². The van der Waals surface area contributed by atoms with E-state index in [1.807, 2.05) is 0 Å². The van der Waals surface area contributed by atoms with Gasteiger partial charge in [-0.25, -0.2) is 0 Å². The Kier molecular flexibility index (Phi) is 6.06. The Bertz CT molecular complexity index is 392. The van der Waals surface area contributed by atoms with Crippen molar-refractivity contribution >= 4 is 24.3 Å². The van der Waals surface area contributed by atoms with Crippen molar-refractivity contribution in [3.05, 3.63) is 5.82 Å². The molecule has 0 spiro atoms. The molecule has 0 saturated heterocycles. The van der Waals surface area contributed by atoms with Crippen LogP contribution < -0.4 is 11.1 Å². The zero-order chi connectivity index (χ0) is 13.1. The van der Waals surface area contributed by atoms with Crippen LogP contribution in [0, 0.1) is 0 Å². The number of H-pyrrole nitrogens is 1. The molecule has 18 heavy (non-hydrogen) atoms. The number of amides is 1. The van der Waals surface area contributed by atoms with E-state index in [4.69, 9.17) is 5.73 Å². The molecule has 4 N–H and O–H groups in total. The first-order chi connectivity index (χ1) is 7.79. The fourth-order valence-electron chi connectivity index (χ4n) is 0.990. The lowest BCUT2D eigenvalue weighted by molar-refractivity contribution is -0.144. The number of alkyl halides is 3. The molecule has 0 aliphatic carbocycles. The number of hydrogen-bond acceptors (Lipinski definition) is 4. The SMILES string of the molecule is CC(N)CCC(=O)Nc1n[nH]c(C(F)(F)F)n1.Cl. The van der Waals surface area contributed by atoms with Crippen molar-refractivity contribution < 1.29 is 18.0 Å². The molecule has 1 rings (SSSR count). The summed E-state index contributed by atoms with van der Waals surface area (Å²) in [6, 6.07) is -0.154. The Balaban J connectivity index is 0.00000289. The monoisotopic (exact) mass is 287 g/mol. The zero-order valence-corrected chi connectivity index (χ0v) is 10.2. The summed E-state index contributed by atoms with van der Waals surface area (Å²) < 4.78 is 36.4. The highest BCUT2D eigenvalue weighted by molar-refractivity contribution is 5.88. The number of carbonyl (C=O) groups excluding carboxylic acids is 1. The maximum atomic E-state index is 12.1. The fourth-order valence-corrected chi connectivity index (χ4v) is 0.990. The lowest BCUT2D eigenvalue weighted by Gasteiger charge is -2.03. The van der Waals surface area contributed by atoms with Crippen LogP contribution in [-0.2, 0) is 11.0 Å². The van der Waals surface area contributed by atoms with Gasteiger partial charge >= 0.3 is 6.18 Å². The van der Waals surface area contributed by atoms with Gasteiger partial charge in [0.25, 0.3) is 0 Å². The minimum absolute atomic E-state index is 0. The van der Waals surface area contributed by atoms with Crippen LogP contribution in [0.4, 0.5) is 19.1 Å². The average molecular weight is 288 g/mol. The molecule has 1 heterocycles. The highest BCUT2D eigenvalue weighted by atomic mass is 35.5. The van der Waals surface area contributed by atoms with E-state index in [0.717, 1.165) is 0 Å². The van der Waals surface area contributed by atoms with E-state index in [-0.39, 0.29) is 24.9 Å². The van der Waals surface area contributed by atoms with Crippen molar-refractivity contribution in [1.82, 2.24) is 15.2 Å². The molecule has 0 aliphatic rings. The Morgan fingerprint density at radius 2 is 2.17 bits per heavy atom. The van der Waals surface area contributed by atoms with Crippen molar-refractivity contribution in [2.45, 2.75) is 32.0 Å². The number of halogens is 4. The van der Waals surface area contributed by atoms with Crippen LogP contribution >= 0.6 is 12.4 Å². The average Bonchev–Trinajstić information content (AvgIpc) is 2.62. The molecule has 6 nitrogen and oxygen atoms in total. The van der Waals surface area contributed by atoms with Gasteiger partial charge in [-0.2, -0.15) is 18.2 Å². The third-order valence-electron chi connectivity index (χ3n) is 1.83. The number of nitrogens with one attached hydrogen (secondary N) is 2. The number of nitrogens with two attached hydrogens (primary N) is 1. The third-order valence-corrected chi connectivity index (χ3v) is 1.83. The van der Waals surface area contributed by atoms with E-state index in [2.05, 4.69) is 15.4 Å². The van der Waals surface area contributed by atoms with Crippen LogP contribution in [0.25, 0.3) is 0 Å². The molecule has 0 aliphatic heterocycles. The first-order valence-corrected chi connectivity index (χ1v) is 4.84. The summed E-state index contributed by atoms with van der Waals surface area (Å²) in [7, 11) is 0. The Labute approximate surface area is 107 Å². The number of aromatic nitrogens is 3. The maximum Gasteiger partial charge on any atom is 0.451 e. The first kappa shape index (κ1) is 16.6. The van der Waals surface area contributed by atoms with E-state index >= 15 is 0 Å². The van der Waals surface area contributed by atoms with Gasteiger partial charge in [0.2, 0.25) is 17.7 Å². The fraction of sp³-hybridized carbons (Fsp3) is 0.625. The molecule has 1 aromatic rings. The van der Waals surface area contributed by atoms with Crippen LogP contribution in [0.5, 0.6) is 0 Å². The Morgan fingerprint density at radius 3 is 2.61 bits per heavy atom. The minimum Gasteiger partial charge on any atom is -0.328 e. The summed E-state index contributed by atoms with van der Waals surface area (Å²) >= 11 is 0. The van der Waals surface area contributed by atoms with Crippen LogP contribution in [0.15, 0.2) is 0 Å². The number of nitrogens with zero attached hydrogens (tertiary/aromatic N) is 2. The molecule has 104 valence electrons. The third kappa shape index (κ3) is 5.32. The summed E-state index contributed by atoms with van der Waals surface area (Å²) in [6.07, 6.45) is -4.07. The summed E-state index contributed by atoms with van der Waals surface area (Å²) in [6.45, 7) is 1.72. The van der Waals surface area contributed by atoms with Gasteiger partial charge in [0.15, 0.2) is 0 Å². The second-order valence-electron chi connectivity index (χ2n) is 3.57. The van der Waals surface area contributed by atoms with E-state index in [1.54, 1.807) is 12.0 Å². The Hall–Kier alpha value is -1.35. The summed E-state index contributed by atoms with van der Waals surface area (Å²) in [4.78, 5) is 14.3. The predicted octanol–water partition coefficient (Wildman–Crippen LogP) is 1.31. The zero-order valence-electron chi connectivity index (χ0n) is 9.41. The molecule has 1 unspecified atom stereocenters. The quantitative estimate of drug-likeness (QED) is 0.778. The molecule has 1 aromatic heterocycles. The largest absolute Gasteiger partial charge is 0.451 e. The topological polar surface area (TPSA) is 96.7 Å². The number of rotatable bonds is 4. The van der Waals surface area contributed by atoms with Gasteiger partial charge in [-0.1, -0.05) is 0 Å². The number of aromatic amines is 1.